The van der Waals surface area contributed by atoms with E-state index in [2.05, 4.69) is 0 Å². The zero-order valence-electron chi connectivity index (χ0n) is 11.7. The summed E-state index contributed by atoms with van der Waals surface area (Å²) in [6.45, 7) is 1.83. The molecule has 0 aromatic rings. The molecular weight excluding hydrogens is 276 g/mol. The van der Waals surface area contributed by atoms with Gasteiger partial charge >= 0.3 is 0 Å². The first-order valence-electron chi connectivity index (χ1n) is 7.05. The number of amides is 1. The van der Waals surface area contributed by atoms with Gasteiger partial charge in [-0.05, 0) is 49.1 Å². The van der Waals surface area contributed by atoms with Crippen molar-refractivity contribution in [3.8, 4) is 11.3 Å². The Kier molecular flexibility index (Phi) is 3.23. The Morgan fingerprint density at radius 3 is 2.95 bits per heavy atom. The lowest BCUT2D eigenvalue weighted by Crippen LogP contribution is -2.10. The molecule has 2 N–H and O–H groups in total. The molecule has 3 nitrogen and oxygen atoms in total. The van der Waals surface area contributed by atoms with Crippen molar-refractivity contribution in [2.45, 2.75) is 38.0 Å². The van der Waals surface area contributed by atoms with Crippen molar-refractivity contribution >= 4 is 5.91 Å². The van der Waals surface area contributed by atoms with Gasteiger partial charge < -0.3 is 10.2 Å². The average Bonchev–Trinajstić information content (AvgIpc) is 2.77. The summed E-state index contributed by atoms with van der Waals surface area (Å²) in [7, 11) is 0. The molecule has 0 bridgehead atoms. The monoisotopic (exact) mass is 293 g/mol. The Bertz CT molecular complexity index is 650. The van der Waals surface area contributed by atoms with Crippen molar-refractivity contribution in [1.29, 1.82) is 0 Å². The van der Waals surface area contributed by atoms with Crippen LogP contribution in [0.25, 0.3) is 11.3 Å². The first-order valence-corrected chi connectivity index (χ1v) is 7.05. The van der Waals surface area contributed by atoms with E-state index in [1.54, 1.807) is 18.4 Å². The lowest BCUT2D eigenvalue weighted by molar-refractivity contribution is -0.118. The Labute approximate surface area is 121 Å². The largest absolute Gasteiger partial charge is 0.464 e. The van der Waals surface area contributed by atoms with Crippen LogP contribution in [-0.2, 0) is 4.79 Å². The molecule has 2 unspecified atom stereocenters. The van der Waals surface area contributed by atoms with Crippen LogP contribution in [0.2, 0.25) is 0 Å². The molecule has 1 heterocycles. The smallest absolute Gasteiger partial charge is 0.258 e. The quantitative estimate of drug-likeness (QED) is 0.914. The lowest BCUT2D eigenvalue weighted by Gasteiger charge is -2.03. The summed E-state index contributed by atoms with van der Waals surface area (Å²) < 4.78 is 33.6. The molecule has 0 spiro atoms. The van der Waals surface area contributed by atoms with E-state index in [-0.39, 0.29) is 6.42 Å². The summed E-state index contributed by atoms with van der Waals surface area (Å²) >= 11 is 0. The first kappa shape index (κ1) is 14.0. The number of fused-ring (bicyclic) bond motifs is 1. The zero-order chi connectivity index (χ0) is 15.2. The summed E-state index contributed by atoms with van der Waals surface area (Å²) in [5.41, 5.74) is 7.34. The molecular formula is C16H17F2NO2. The fourth-order valence-electron chi connectivity index (χ4n) is 3.27. The summed E-state index contributed by atoms with van der Waals surface area (Å²) in [5, 5.41) is 0. The minimum atomic E-state index is -2.71. The molecule has 0 saturated heterocycles. The number of aryl methyl sites for hydroxylation is 1. The van der Waals surface area contributed by atoms with Gasteiger partial charge in [-0.15, -0.1) is 0 Å². The van der Waals surface area contributed by atoms with Gasteiger partial charge in [0.2, 0.25) is 5.91 Å². The molecule has 3 aliphatic rings. The topological polar surface area (TPSA) is 56.2 Å². The molecule has 5 heteroatoms. The minimum absolute atomic E-state index is 0.162. The molecule has 0 aromatic carbocycles. The maximum Gasteiger partial charge on any atom is 0.258 e. The second-order valence-electron chi connectivity index (χ2n) is 5.75. The lowest BCUT2D eigenvalue weighted by atomic mass is 10.0. The number of hydrogen-bond acceptors (Lipinski definition) is 2. The van der Waals surface area contributed by atoms with Crippen molar-refractivity contribution in [1.82, 2.24) is 0 Å². The number of halogens is 2. The van der Waals surface area contributed by atoms with Gasteiger partial charge in [0.25, 0.3) is 5.92 Å². The fourth-order valence-corrected chi connectivity index (χ4v) is 3.27. The second-order valence-corrected chi connectivity index (χ2v) is 5.75. The van der Waals surface area contributed by atoms with Crippen molar-refractivity contribution in [2.75, 3.05) is 0 Å². The van der Waals surface area contributed by atoms with Crippen molar-refractivity contribution in [3.05, 3.63) is 35.6 Å². The van der Waals surface area contributed by atoms with Crippen LogP contribution in [0.1, 0.15) is 36.3 Å². The highest BCUT2D eigenvalue weighted by molar-refractivity contribution is 5.73. The molecule has 112 valence electrons. The van der Waals surface area contributed by atoms with Gasteiger partial charge in [-0.3, -0.25) is 4.79 Å². The third kappa shape index (κ3) is 2.30. The van der Waals surface area contributed by atoms with E-state index in [9.17, 15) is 13.6 Å². The number of primary amides is 1. The number of nitrogens with two attached hydrogens (primary N) is 1. The molecule has 21 heavy (non-hydrogen) atoms. The van der Waals surface area contributed by atoms with Crippen LogP contribution in [0.5, 0.6) is 0 Å². The maximum atomic E-state index is 14.1. The predicted octanol–water partition coefficient (Wildman–Crippen LogP) is 3.70. The van der Waals surface area contributed by atoms with Gasteiger partial charge in [-0.25, -0.2) is 8.78 Å². The van der Waals surface area contributed by atoms with Crippen molar-refractivity contribution in [3.63, 3.8) is 0 Å². The highest BCUT2D eigenvalue weighted by Gasteiger charge is 2.68. The standard InChI is InChI=1S/C16H17F2NO2/c1-9-8-12-10(4-3-7-21-12)14(9)15-11(16(15,17)18)5-2-6-13(19)20/h3-4,7-8,11,15H,2,5-6H2,1H3,(H2,19,20). The molecule has 2 atom stereocenters. The van der Waals surface area contributed by atoms with E-state index < -0.39 is 23.7 Å². The molecule has 3 rings (SSSR count). The Morgan fingerprint density at radius 1 is 1.48 bits per heavy atom. The van der Waals surface area contributed by atoms with E-state index in [1.165, 1.54) is 0 Å². The van der Waals surface area contributed by atoms with Crippen LogP contribution in [0, 0.1) is 12.8 Å². The van der Waals surface area contributed by atoms with Crippen LogP contribution in [0.15, 0.2) is 28.9 Å². The van der Waals surface area contributed by atoms with Crippen molar-refractivity contribution < 1.29 is 18.0 Å². The van der Waals surface area contributed by atoms with Gasteiger partial charge in [0.05, 0.1) is 12.2 Å². The van der Waals surface area contributed by atoms with E-state index in [0.29, 0.717) is 24.2 Å². The highest BCUT2D eigenvalue weighted by atomic mass is 19.3. The summed E-state index contributed by atoms with van der Waals surface area (Å²) in [5.74, 6) is -3.99. The van der Waals surface area contributed by atoms with E-state index >= 15 is 0 Å². The highest BCUT2D eigenvalue weighted by Crippen LogP contribution is 2.65. The van der Waals surface area contributed by atoms with Gasteiger partial charge in [-0.1, -0.05) is 0 Å². The van der Waals surface area contributed by atoms with Gasteiger partial charge in [-0.2, -0.15) is 0 Å². The second kappa shape index (κ2) is 4.83. The molecule has 2 aliphatic carbocycles. The van der Waals surface area contributed by atoms with E-state index in [0.717, 1.165) is 11.1 Å². The third-order valence-corrected chi connectivity index (χ3v) is 4.32. The Balaban J connectivity index is 1.83. The van der Waals surface area contributed by atoms with Crippen molar-refractivity contribution in [2.24, 2.45) is 11.7 Å². The molecule has 1 saturated carbocycles. The number of carbonyl (C=O) groups excluding carboxylic acids is 1. The summed E-state index contributed by atoms with van der Waals surface area (Å²) in [6.07, 6.45) is 2.43. The number of hydrogen-bond donors (Lipinski definition) is 1. The molecule has 1 aliphatic heterocycles. The predicted molar refractivity (Wildman–Crippen MR) is 74.3 cm³/mol. The SMILES string of the molecule is Cc1cc2occcc-2c1C1C(CCCC(N)=O)C1(F)F. The van der Waals surface area contributed by atoms with Crippen LogP contribution >= 0.6 is 0 Å². The van der Waals surface area contributed by atoms with Crippen LogP contribution in [0.3, 0.4) is 0 Å². The summed E-state index contributed by atoms with van der Waals surface area (Å²) in [6, 6.07) is 5.34. The van der Waals surface area contributed by atoms with Gasteiger partial charge in [0.1, 0.15) is 5.76 Å². The maximum absolute atomic E-state index is 14.1. The molecule has 1 fully saturated rings. The van der Waals surface area contributed by atoms with E-state index in [4.69, 9.17) is 10.2 Å². The zero-order valence-corrected chi connectivity index (χ0v) is 11.7. The van der Waals surface area contributed by atoms with Crippen LogP contribution < -0.4 is 5.73 Å². The Morgan fingerprint density at radius 2 is 2.24 bits per heavy atom. The third-order valence-electron chi connectivity index (χ3n) is 4.32. The number of rotatable bonds is 5. The molecule has 0 radical (unpaired) electrons. The normalized spacial score (nSPS) is 23.4. The average molecular weight is 293 g/mol. The van der Waals surface area contributed by atoms with Gasteiger partial charge in [0.15, 0.2) is 0 Å². The van der Waals surface area contributed by atoms with Crippen LogP contribution in [0.4, 0.5) is 8.78 Å². The first-order chi connectivity index (χ1) is 9.93. The summed E-state index contributed by atoms with van der Waals surface area (Å²) in [4.78, 5) is 10.7. The van der Waals surface area contributed by atoms with Gasteiger partial charge in [0, 0.05) is 17.9 Å². The Hall–Kier alpha value is -1.91. The van der Waals surface area contributed by atoms with E-state index in [1.807, 2.05) is 13.0 Å². The van der Waals surface area contributed by atoms with Crippen LogP contribution in [-0.4, -0.2) is 11.8 Å². The molecule has 1 amide bonds. The number of alkyl halides is 2. The molecule has 0 aromatic heterocycles. The minimum Gasteiger partial charge on any atom is -0.464 e. The number of carbonyl (C=O) groups is 1. The fraction of sp³-hybridized carbons (Fsp3) is 0.438.